The lowest BCUT2D eigenvalue weighted by molar-refractivity contribution is -0.0502. The summed E-state index contributed by atoms with van der Waals surface area (Å²) >= 11 is 0. The molecule has 0 N–H and O–H groups in total. The molecule has 5 nitrogen and oxygen atoms in total. The van der Waals surface area contributed by atoms with E-state index in [9.17, 15) is 26.4 Å². The van der Waals surface area contributed by atoms with Crippen LogP contribution >= 0.6 is 0 Å². The third-order valence-corrected chi connectivity index (χ3v) is 4.70. The van der Waals surface area contributed by atoms with Gasteiger partial charge in [-0.1, -0.05) is 0 Å². The zero-order valence-corrected chi connectivity index (χ0v) is 12.8. The van der Waals surface area contributed by atoms with E-state index in [0.717, 1.165) is 5.56 Å². The first-order chi connectivity index (χ1) is 10.6. The van der Waals surface area contributed by atoms with E-state index < -0.39 is 15.6 Å². The summed E-state index contributed by atoms with van der Waals surface area (Å²) in [7, 11) is -5.73. The van der Waals surface area contributed by atoms with Crippen LogP contribution in [0.1, 0.15) is 29.3 Å². The lowest BCUT2D eigenvalue weighted by atomic mass is 9.99. The van der Waals surface area contributed by atoms with E-state index in [1.165, 1.54) is 23.6 Å². The Bertz CT molecular complexity index is 912. The fraction of sp³-hybridized carbons (Fsp3) is 0.357. The number of hydrogen-bond donors (Lipinski definition) is 0. The number of aromatic nitrogens is 1. The third kappa shape index (κ3) is 2.58. The number of hydrogen-bond acceptors (Lipinski definition) is 4. The number of aryl methyl sites for hydroxylation is 2. The van der Waals surface area contributed by atoms with Crippen LogP contribution in [0.3, 0.4) is 0 Å². The summed E-state index contributed by atoms with van der Waals surface area (Å²) in [6.07, 6.45) is 1.27. The number of benzene rings is 1. The van der Waals surface area contributed by atoms with E-state index in [-0.39, 0.29) is 11.7 Å². The molecule has 1 aliphatic heterocycles. The number of nitrogens with zero attached hydrogens (tertiary/aromatic N) is 1. The second-order valence-electron chi connectivity index (χ2n) is 5.35. The Morgan fingerprint density at radius 2 is 1.96 bits per heavy atom. The van der Waals surface area contributed by atoms with Gasteiger partial charge in [-0.2, -0.15) is 21.6 Å². The first-order valence-electron chi connectivity index (χ1n) is 6.78. The number of carbonyl (C=O) groups excluding carboxylic acids is 1. The molecular formula is C14H12F3NO4S. The Hall–Kier alpha value is -2.03. The van der Waals surface area contributed by atoms with Crippen molar-refractivity contribution in [1.82, 2.24) is 4.57 Å². The van der Waals surface area contributed by atoms with Crippen molar-refractivity contribution in [3.63, 3.8) is 0 Å². The topological polar surface area (TPSA) is 65.4 Å². The summed E-state index contributed by atoms with van der Waals surface area (Å²) in [4.78, 5) is 11.5. The Labute approximate surface area is 129 Å². The molecule has 0 atom stereocenters. The van der Waals surface area contributed by atoms with Crippen LogP contribution in [0.2, 0.25) is 0 Å². The Balaban J connectivity index is 2.18. The third-order valence-electron chi connectivity index (χ3n) is 3.75. The van der Waals surface area contributed by atoms with Crippen LogP contribution < -0.4 is 4.18 Å². The van der Waals surface area contributed by atoms with Crippen molar-refractivity contribution in [3.05, 3.63) is 29.3 Å². The molecule has 0 saturated carbocycles. The van der Waals surface area contributed by atoms with Gasteiger partial charge in [0.1, 0.15) is 0 Å². The smallest absolute Gasteiger partial charge is 0.357 e. The van der Waals surface area contributed by atoms with Gasteiger partial charge in [0.2, 0.25) is 5.88 Å². The first kappa shape index (κ1) is 15.9. The van der Waals surface area contributed by atoms with Gasteiger partial charge in [-0.15, -0.1) is 0 Å². The fourth-order valence-corrected chi connectivity index (χ4v) is 3.21. The van der Waals surface area contributed by atoms with Crippen LogP contribution in [0.15, 0.2) is 18.2 Å². The quantitative estimate of drug-likeness (QED) is 0.486. The van der Waals surface area contributed by atoms with Crippen molar-refractivity contribution in [1.29, 1.82) is 0 Å². The van der Waals surface area contributed by atoms with Crippen LogP contribution in [0.4, 0.5) is 13.2 Å². The first-order valence-corrected chi connectivity index (χ1v) is 8.19. The van der Waals surface area contributed by atoms with Gasteiger partial charge in [0.25, 0.3) is 0 Å². The summed E-state index contributed by atoms with van der Waals surface area (Å²) in [6, 6.07) is 4.43. The number of Topliss-reactive ketones (excluding diaryl/α,β-unsaturated/α-hetero) is 1. The second-order valence-corrected chi connectivity index (χ2v) is 6.89. The van der Waals surface area contributed by atoms with E-state index >= 15 is 0 Å². The van der Waals surface area contributed by atoms with E-state index in [1.54, 1.807) is 6.07 Å². The maximum atomic E-state index is 12.5. The largest absolute Gasteiger partial charge is 0.534 e. The predicted molar refractivity (Wildman–Crippen MR) is 75.9 cm³/mol. The molecule has 0 bridgehead atoms. The van der Waals surface area contributed by atoms with Crippen LogP contribution in [0.5, 0.6) is 5.88 Å². The number of alkyl halides is 3. The Kier molecular flexibility index (Phi) is 3.44. The van der Waals surface area contributed by atoms with Crippen molar-refractivity contribution >= 4 is 26.8 Å². The number of ketones is 1. The highest BCUT2D eigenvalue weighted by atomic mass is 32.2. The number of halogens is 3. The van der Waals surface area contributed by atoms with Crippen molar-refractivity contribution in [2.24, 2.45) is 0 Å². The molecule has 0 unspecified atom stereocenters. The van der Waals surface area contributed by atoms with Gasteiger partial charge < -0.3 is 8.75 Å². The van der Waals surface area contributed by atoms with Crippen LogP contribution in [0, 0.1) is 0 Å². The average Bonchev–Trinajstić information content (AvgIpc) is 2.76. The van der Waals surface area contributed by atoms with Crippen molar-refractivity contribution in [3.8, 4) is 5.88 Å². The van der Waals surface area contributed by atoms with E-state index in [0.29, 0.717) is 35.9 Å². The molecule has 0 aliphatic carbocycles. The molecule has 1 aliphatic rings. The van der Waals surface area contributed by atoms with Gasteiger partial charge in [0.15, 0.2) is 5.78 Å². The molecule has 2 heterocycles. The van der Waals surface area contributed by atoms with Gasteiger partial charge in [-0.3, -0.25) is 4.79 Å². The molecule has 1 aromatic heterocycles. The highest BCUT2D eigenvalue weighted by Gasteiger charge is 2.49. The van der Waals surface area contributed by atoms with Crippen molar-refractivity contribution in [2.75, 3.05) is 0 Å². The Morgan fingerprint density at radius 3 is 2.57 bits per heavy atom. The minimum absolute atomic E-state index is 0.174. The van der Waals surface area contributed by atoms with Gasteiger partial charge >= 0.3 is 15.6 Å². The predicted octanol–water partition coefficient (Wildman–Crippen LogP) is 3.02. The summed E-state index contributed by atoms with van der Waals surface area (Å²) in [6.45, 7) is 1.73. The summed E-state index contributed by atoms with van der Waals surface area (Å²) in [5.74, 6) is -0.564. The van der Waals surface area contributed by atoms with Crippen LogP contribution in [-0.4, -0.2) is 24.3 Å². The minimum Gasteiger partial charge on any atom is -0.357 e. The van der Waals surface area contributed by atoms with E-state index in [2.05, 4.69) is 4.18 Å². The summed E-state index contributed by atoms with van der Waals surface area (Å²) < 4.78 is 65.7. The highest BCUT2D eigenvalue weighted by Crippen LogP contribution is 2.36. The van der Waals surface area contributed by atoms with Gasteiger partial charge in [0, 0.05) is 23.6 Å². The number of rotatable bonds is 3. The molecule has 9 heteroatoms. The summed E-state index contributed by atoms with van der Waals surface area (Å²) in [5, 5.41) is 0.486. The molecule has 0 radical (unpaired) electrons. The second kappa shape index (κ2) is 4.98. The standard InChI is InChI=1S/C14H12F3NO4S/c1-8(19)10-5-9-3-2-4-18-12(7-11(6-10)13(9)18)22-23(20,21)14(15,16)17/h5-7H,2-4H2,1H3. The van der Waals surface area contributed by atoms with Crippen LogP contribution in [0.25, 0.3) is 10.9 Å². The van der Waals surface area contributed by atoms with Gasteiger partial charge in [0.05, 0.1) is 5.52 Å². The molecule has 0 saturated heterocycles. The minimum atomic E-state index is -5.73. The fourth-order valence-electron chi connectivity index (χ4n) is 2.75. The molecule has 2 aromatic rings. The van der Waals surface area contributed by atoms with Crippen molar-refractivity contribution in [2.45, 2.75) is 31.8 Å². The molecule has 23 heavy (non-hydrogen) atoms. The Morgan fingerprint density at radius 1 is 1.26 bits per heavy atom. The molecular weight excluding hydrogens is 335 g/mol. The zero-order valence-electron chi connectivity index (χ0n) is 12.0. The maximum Gasteiger partial charge on any atom is 0.534 e. The molecule has 0 fully saturated rings. The summed E-state index contributed by atoms with van der Waals surface area (Å²) in [5.41, 5.74) is -3.67. The molecule has 124 valence electrons. The molecule has 1 aromatic carbocycles. The van der Waals surface area contributed by atoms with Gasteiger partial charge in [-0.05, 0) is 37.5 Å². The van der Waals surface area contributed by atoms with E-state index in [4.69, 9.17) is 0 Å². The normalized spacial score (nSPS) is 15.0. The lowest BCUT2D eigenvalue weighted by Gasteiger charge is -2.18. The molecule has 0 amide bonds. The van der Waals surface area contributed by atoms with Crippen molar-refractivity contribution < 1.29 is 30.6 Å². The zero-order chi connectivity index (χ0) is 17.0. The maximum absolute atomic E-state index is 12.5. The molecule has 3 rings (SSSR count). The SMILES string of the molecule is CC(=O)c1cc2c3c(c1)cc(OS(=O)(=O)C(F)(F)F)n3CCC2. The lowest BCUT2D eigenvalue weighted by Crippen LogP contribution is -2.29. The average molecular weight is 347 g/mol. The van der Waals surface area contributed by atoms with Gasteiger partial charge in [-0.25, -0.2) is 0 Å². The van der Waals surface area contributed by atoms with Crippen LogP contribution in [-0.2, 0) is 23.1 Å². The van der Waals surface area contributed by atoms with E-state index in [1.807, 2.05) is 0 Å². The highest BCUT2D eigenvalue weighted by molar-refractivity contribution is 7.87. The monoisotopic (exact) mass is 347 g/mol. The molecule has 0 spiro atoms. The number of carbonyl (C=O) groups is 1.